The fourth-order valence-electron chi connectivity index (χ4n) is 1.53. The van der Waals surface area contributed by atoms with Crippen molar-refractivity contribution in [3.63, 3.8) is 0 Å². The summed E-state index contributed by atoms with van der Waals surface area (Å²) in [6.45, 7) is 0.355. The number of hydrogen-bond acceptors (Lipinski definition) is 5. The van der Waals surface area contributed by atoms with E-state index in [1.807, 2.05) is 24.3 Å². The smallest absolute Gasteiger partial charge is 0.433 e. The number of para-hydroxylation sites is 2. The van der Waals surface area contributed by atoms with Crippen molar-refractivity contribution in [1.82, 2.24) is 0 Å². The molecule has 0 aliphatic heterocycles. The predicted molar refractivity (Wildman–Crippen MR) is 65.7 cm³/mol. The minimum absolute atomic E-state index is 0.258. The summed E-state index contributed by atoms with van der Waals surface area (Å²) in [5, 5.41) is 13.6. The van der Waals surface area contributed by atoms with Gasteiger partial charge >= 0.3 is 5.88 Å². The van der Waals surface area contributed by atoms with Crippen molar-refractivity contribution in [2.24, 2.45) is 0 Å². The van der Waals surface area contributed by atoms with E-state index in [0.717, 1.165) is 5.69 Å². The van der Waals surface area contributed by atoms with Crippen LogP contribution in [0.15, 0.2) is 40.8 Å². The Morgan fingerprint density at radius 1 is 1.33 bits per heavy atom. The van der Waals surface area contributed by atoms with E-state index in [0.29, 0.717) is 18.1 Å². The second-order valence-corrected chi connectivity index (χ2v) is 3.55. The van der Waals surface area contributed by atoms with Gasteiger partial charge in [0.15, 0.2) is 0 Å². The van der Waals surface area contributed by atoms with Crippen molar-refractivity contribution >= 4 is 11.6 Å². The van der Waals surface area contributed by atoms with Gasteiger partial charge in [0.1, 0.15) is 16.4 Å². The molecule has 2 rings (SSSR count). The Labute approximate surface area is 103 Å². The van der Waals surface area contributed by atoms with Crippen LogP contribution in [-0.4, -0.2) is 12.0 Å². The summed E-state index contributed by atoms with van der Waals surface area (Å²) in [5.41, 5.74) is 0.805. The van der Waals surface area contributed by atoms with Gasteiger partial charge in [0.2, 0.25) is 0 Å². The van der Waals surface area contributed by atoms with E-state index in [4.69, 9.17) is 9.15 Å². The topological polar surface area (TPSA) is 77.5 Å². The monoisotopic (exact) mass is 248 g/mol. The molecule has 0 amide bonds. The number of nitrogens with one attached hydrogen (secondary N) is 1. The molecule has 0 unspecified atom stereocenters. The molecule has 1 aromatic heterocycles. The molecule has 1 heterocycles. The zero-order chi connectivity index (χ0) is 13.0. The van der Waals surface area contributed by atoms with Gasteiger partial charge in [-0.3, -0.25) is 10.1 Å². The minimum atomic E-state index is -0.563. The average Bonchev–Trinajstić information content (AvgIpc) is 2.85. The number of furan rings is 1. The van der Waals surface area contributed by atoms with Crippen LogP contribution in [0.1, 0.15) is 5.76 Å². The maximum absolute atomic E-state index is 10.5. The van der Waals surface area contributed by atoms with Crippen LogP contribution in [0.4, 0.5) is 11.6 Å². The van der Waals surface area contributed by atoms with Crippen molar-refractivity contribution in [3.05, 3.63) is 52.3 Å². The Morgan fingerprint density at radius 3 is 2.78 bits per heavy atom. The summed E-state index contributed by atoms with van der Waals surface area (Å²) in [4.78, 5) is 9.90. The molecule has 0 spiro atoms. The van der Waals surface area contributed by atoms with Crippen LogP contribution in [0.5, 0.6) is 5.75 Å². The second kappa shape index (κ2) is 5.22. The normalized spacial score (nSPS) is 10.1. The first-order chi connectivity index (χ1) is 8.70. The van der Waals surface area contributed by atoms with E-state index in [2.05, 4.69) is 5.32 Å². The Balaban J connectivity index is 2.04. The van der Waals surface area contributed by atoms with E-state index in [9.17, 15) is 10.1 Å². The van der Waals surface area contributed by atoms with Gasteiger partial charge in [0.05, 0.1) is 25.4 Å². The van der Waals surface area contributed by atoms with Crippen molar-refractivity contribution < 1.29 is 14.1 Å². The van der Waals surface area contributed by atoms with Gasteiger partial charge in [0, 0.05) is 0 Å². The highest BCUT2D eigenvalue weighted by Crippen LogP contribution is 2.24. The summed E-state index contributed by atoms with van der Waals surface area (Å²) in [6.07, 6.45) is 0. The molecular weight excluding hydrogens is 236 g/mol. The van der Waals surface area contributed by atoms with Crippen LogP contribution in [0.25, 0.3) is 0 Å². The predicted octanol–water partition coefficient (Wildman–Crippen LogP) is 2.81. The zero-order valence-corrected chi connectivity index (χ0v) is 9.75. The standard InChI is InChI=1S/C12H12N2O4/c1-17-11-5-3-2-4-10(11)13-8-9-6-7-12(18-9)14(15)16/h2-7,13H,8H2,1H3. The maximum atomic E-state index is 10.5. The fraction of sp³-hybridized carbons (Fsp3) is 0.167. The highest BCUT2D eigenvalue weighted by Gasteiger charge is 2.11. The summed E-state index contributed by atoms with van der Waals surface area (Å²) in [6, 6.07) is 10.3. The molecule has 0 aliphatic carbocycles. The van der Waals surface area contributed by atoms with Crippen molar-refractivity contribution in [2.45, 2.75) is 6.54 Å². The summed E-state index contributed by atoms with van der Waals surface area (Å²) >= 11 is 0. The summed E-state index contributed by atoms with van der Waals surface area (Å²) in [7, 11) is 1.58. The molecule has 94 valence electrons. The molecule has 0 saturated carbocycles. The molecule has 6 nitrogen and oxygen atoms in total. The number of nitro groups is 1. The number of anilines is 1. The number of benzene rings is 1. The number of rotatable bonds is 5. The highest BCUT2D eigenvalue weighted by molar-refractivity contribution is 5.56. The maximum Gasteiger partial charge on any atom is 0.433 e. The molecule has 2 aromatic rings. The van der Waals surface area contributed by atoms with Gasteiger partial charge < -0.3 is 14.5 Å². The van der Waals surface area contributed by atoms with E-state index in [1.165, 1.54) is 6.07 Å². The van der Waals surface area contributed by atoms with Crippen LogP contribution < -0.4 is 10.1 Å². The highest BCUT2D eigenvalue weighted by atomic mass is 16.6. The molecule has 6 heteroatoms. The average molecular weight is 248 g/mol. The first-order valence-electron chi connectivity index (χ1n) is 5.30. The van der Waals surface area contributed by atoms with Crippen molar-refractivity contribution in [3.8, 4) is 5.75 Å². The van der Waals surface area contributed by atoms with E-state index in [1.54, 1.807) is 13.2 Å². The molecule has 0 radical (unpaired) electrons. The fourth-order valence-corrected chi connectivity index (χ4v) is 1.53. The van der Waals surface area contributed by atoms with Gasteiger partial charge in [-0.15, -0.1) is 0 Å². The Hall–Kier alpha value is -2.50. The van der Waals surface area contributed by atoms with Crippen LogP contribution >= 0.6 is 0 Å². The van der Waals surface area contributed by atoms with Crippen LogP contribution in [-0.2, 0) is 6.54 Å². The summed E-state index contributed by atoms with van der Waals surface area (Å²) in [5.74, 6) is 0.943. The second-order valence-electron chi connectivity index (χ2n) is 3.55. The van der Waals surface area contributed by atoms with Crippen LogP contribution in [0.3, 0.4) is 0 Å². The SMILES string of the molecule is COc1ccccc1NCc1ccc([N+](=O)[O-])o1. The quantitative estimate of drug-likeness (QED) is 0.650. The third-order valence-electron chi connectivity index (χ3n) is 2.39. The first kappa shape index (κ1) is 12.0. The molecule has 1 aromatic carbocycles. The molecule has 0 fully saturated rings. The lowest BCUT2D eigenvalue weighted by molar-refractivity contribution is -0.402. The summed E-state index contributed by atoms with van der Waals surface area (Å²) < 4.78 is 10.2. The number of methoxy groups -OCH3 is 1. The van der Waals surface area contributed by atoms with Gasteiger partial charge in [-0.2, -0.15) is 0 Å². The number of hydrogen-bond donors (Lipinski definition) is 1. The van der Waals surface area contributed by atoms with Crippen LogP contribution in [0, 0.1) is 10.1 Å². The molecule has 1 N–H and O–H groups in total. The third-order valence-corrected chi connectivity index (χ3v) is 2.39. The van der Waals surface area contributed by atoms with Crippen molar-refractivity contribution in [2.75, 3.05) is 12.4 Å². The van der Waals surface area contributed by atoms with E-state index < -0.39 is 4.92 Å². The minimum Gasteiger partial charge on any atom is -0.495 e. The number of nitrogens with zero attached hydrogens (tertiary/aromatic N) is 1. The van der Waals surface area contributed by atoms with Crippen LogP contribution in [0.2, 0.25) is 0 Å². The lowest BCUT2D eigenvalue weighted by atomic mass is 10.3. The largest absolute Gasteiger partial charge is 0.495 e. The molecule has 0 atom stereocenters. The van der Waals surface area contributed by atoms with Crippen molar-refractivity contribution in [1.29, 1.82) is 0 Å². The third kappa shape index (κ3) is 2.60. The Bertz CT molecular complexity index is 551. The first-order valence-corrected chi connectivity index (χ1v) is 5.30. The van der Waals surface area contributed by atoms with Gasteiger partial charge in [-0.05, 0) is 18.2 Å². The lowest BCUT2D eigenvalue weighted by Gasteiger charge is -2.09. The van der Waals surface area contributed by atoms with E-state index >= 15 is 0 Å². The molecule has 0 bridgehead atoms. The van der Waals surface area contributed by atoms with E-state index in [-0.39, 0.29) is 5.88 Å². The molecule has 0 aliphatic rings. The molecular formula is C12H12N2O4. The Kier molecular flexibility index (Phi) is 3.47. The van der Waals surface area contributed by atoms with Gasteiger partial charge in [0.25, 0.3) is 0 Å². The van der Waals surface area contributed by atoms with Gasteiger partial charge in [-0.25, -0.2) is 0 Å². The Morgan fingerprint density at radius 2 is 2.11 bits per heavy atom. The zero-order valence-electron chi connectivity index (χ0n) is 9.75. The molecule has 18 heavy (non-hydrogen) atoms. The lowest BCUT2D eigenvalue weighted by Crippen LogP contribution is -2.00. The number of ether oxygens (including phenoxy) is 1. The molecule has 0 saturated heterocycles. The van der Waals surface area contributed by atoms with Gasteiger partial charge in [-0.1, -0.05) is 12.1 Å².